The van der Waals surface area contributed by atoms with Crippen molar-refractivity contribution in [2.45, 2.75) is 18.2 Å². The molecular weight excluding hydrogens is 276 g/mol. The zero-order valence-corrected chi connectivity index (χ0v) is 13.4. The lowest BCUT2D eigenvalue weighted by molar-refractivity contribution is 0.370. The SMILES string of the molecule is CCNc1ccncc1S(=O)(=O)N(C)CCCN(C)C. The molecule has 0 saturated heterocycles. The Morgan fingerprint density at radius 1 is 1.25 bits per heavy atom. The quantitative estimate of drug-likeness (QED) is 0.778. The number of rotatable bonds is 8. The molecule has 1 N–H and O–H groups in total. The largest absolute Gasteiger partial charge is 0.384 e. The first-order chi connectivity index (χ1) is 9.39. The monoisotopic (exact) mass is 300 g/mol. The first-order valence-electron chi connectivity index (χ1n) is 6.68. The molecule has 0 amide bonds. The van der Waals surface area contributed by atoms with Crippen molar-refractivity contribution in [1.29, 1.82) is 0 Å². The van der Waals surface area contributed by atoms with Crippen molar-refractivity contribution in [3.05, 3.63) is 18.5 Å². The van der Waals surface area contributed by atoms with Gasteiger partial charge in [0.2, 0.25) is 10.0 Å². The molecule has 0 saturated carbocycles. The Labute approximate surface area is 121 Å². The van der Waals surface area contributed by atoms with Gasteiger partial charge in [-0.15, -0.1) is 0 Å². The average Bonchev–Trinajstić information content (AvgIpc) is 2.39. The average molecular weight is 300 g/mol. The number of nitrogens with zero attached hydrogens (tertiary/aromatic N) is 3. The Kier molecular flexibility index (Phi) is 6.38. The van der Waals surface area contributed by atoms with E-state index in [9.17, 15) is 8.42 Å². The van der Waals surface area contributed by atoms with E-state index in [0.717, 1.165) is 13.0 Å². The van der Waals surface area contributed by atoms with E-state index in [1.165, 1.54) is 10.5 Å². The standard InChI is InChI=1S/C13H24N4O2S/c1-5-15-12-7-8-14-11-13(12)20(18,19)17(4)10-6-9-16(2)3/h7-8,11H,5-6,9-10H2,1-4H3,(H,14,15). The lowest BCUT2D eigenvalue weighted by Crippen LogP contribution is -2.30. The Hall–Kier alpha value is -1.18. The van der Waals surface area contributed by atoms with E-state index in [0.29, 0.717) is 18.8 Å². The summed E-state index contributed by atoms with van der Waals surface area (Å²) in [5, 5.41) is 3.06. The smallest absolute Gasteiger partial charge is 0.246 e. The van der Waals surface area contributed by atoms with E-state index in [-0.39, 0.29) is 4.90 Å². The summed E-state index contributed by atoms with van der Waals surface area (Å²) >= 11 is 0. The maximum absolute atomic E-state index is 12.5. The van der Waals surface area contributed by atoms with E-state index in [1.807, 2.05) is 25.9 Å². The number of aromatic nitrogens is 1. The molecule has 0 radical (unpaired) electrons. The summed E-state index contributed by atoms with van der Waals surface area (Å²) in [6.07, 6.45) is 3.78. The van der Waals surface area contributed by atoms with Crippen molar-refractivity contribution in [3.63, 3.8) is 0 Å². The molecule has 0 fully saturated rings. The minimum atomic E-state index is -3.50. The van der Waals surface area contributed by atoms with Crippen LogP contribution in [-0.2, 0) is 10.0 Å². The van der Waals surface area contributed by atoms with Crippen molar-refractivity contribution >= 4 is 15.7 Å². The first-order valence-corrected chi connectivity index (χ1v) is 8.12. The fraction of sp³-hybridized carbons (Fsp3) is 0.615. The lowest BCUT2D eigenvalue weighted by atomic mass is 10.4. The third kappa shape index (κ3) is 4.43. The molecular formula is C13H24N4O2S. The number of hydrogen-bond donors (Lipinski definition) is 1. The minimum absolute atomic E-state index is 0.231. The highest BCUT2D eigenvalue weighted by molar-refractivity contribution is 7.89. The van der Waals surface area contributed by atoms with Crippen LogP contribution in [0.15, 0.2) is 23.4 Å². The van der Waals surface area contributed by atoms with Gasteiger partial charge in [-0.05, 0) is 40.1 Å². The fourth-order valence-electron chi connectivity index (χ4n) is 1.82. The highest BCUT2D eigenvalue weighted by Crippen LogP contribution is 2.22. The van der Waals surface area contributed by atoms with Crippen LogP contribution in [0.5, 0.6) is 0 Å². The number of nitrogens with one attached hydrogen (secondary N) is 1. The molecule has 0 unspecified atom stereocenters. The topological polar surface area (TPSA) is 65.5 Å². The van der Waals surface area contributed by atoms with Gasteiger partial charge in [0.1, 0.15) is 4.90 Å². The normalized spacial score (nSPS) is 12.1. The summed E-state index contributed by atoms with van der Waals surface area (Å²) in [4.78, 5) is 6.20. The van der Waals surface area contributed by atoms with Gasteiger partial charge in [0.25, 0.3) is 0 Å². The van der Waals surface area contributed by atoms with Gasteiger partial charge in [-0.3, -0.25) is 4.98 Å². The van der Waals surface area contributed by atoms with Gasteiger partial charge in [0, 0.05) is 32.5 Å². The van der Waals surface area contributed by atoms with Gasteiger partial charge in [-0.2, -0.15) is 0 Å². The molecule has 114 valence electrons. The summed E-state index contributed by atoms with van der Waals surface area (Å²) in [5.41, 5.74) is 0.599. The van der Waals surface area contributed by atoms with Gasteiger partial charge in [-0.1, -0.05) is 0 Å². The van der Waals surface area contributed by atoms with Gasteiger partial charge < -0.3 is 10.2 Å². The van der Waals surface area contributed by atoms with E-state index in [1.54, 1.807) is 19.3 Å². The molecule has 6 nitrogen and oxygen atoms in total. The maximum atomic E-state index is 12.5. The molecule has 0 aromatic carbocycles. The lowest BCUT2D eigenvalue weighted by Gasteiger charge is -2.20. The summed E-state index contributed by atoms with van der Waals surface area (Å²) in [6, 6.07) is 1.68. The second-order valence-corrected chi connectivity index (χ2v) is 6.90. The molecule has 1 aromatic heterocycles. The summed E-state index contributed by atoms with van der Waals surface area (Å²) in [7, 11) is 2.05. The van der Waals surface area contributed by atoms with E-state index >= 15 is 0 Å². The highest BCUT2D eigenvalue weighted by Gasteiger charge is 2.23. The van der Waals surface area contributed by atoms with Crippen LogP contribution in [-0.4, -0.2) is 63.4 Å². The summed E-state index contributed by atoms with van der Waals surface area (Å²) < 4.78 is 26.5. The third-order valence-electron chi connectivity index (χ3n) is 2.92. The molecule has 1 rings (SSSR count). The number of pyridine rings is 1. The summed E-state index contributed by atoms with van der Waals surface area (Å²) in [6.45, 7) is 3.93. The maximum Gasteiger partial charge on any atom is 0.246 e. The Balaban J connectivity index is 2.87. The van der Waals surface area contributed by atoms with Crippen LogP contribution < -0.4 is 5.32 Å². The van der Waals surface area contributed by atoms with Crippen LogP contribution in [0.3, 0.4) is 0 Å². The Morgan fingerprint density at radius 3 is 2.55 bits per heavy atom. The molecule has 0 aliphatic carbocycles. The van der Waals surface area contributed by atoms with Crippen LogP contribution in [0.4, 0.5) is 5.69 Å². The third-order valence-corrected chi connectivity index (χ3v) is 4.80. The van der Waals surface area contributed by atoms with Crippen LogP contribution >= 0.6 is 0 Å². The van der Waals surface area contributed by atoms with Crippen molar-refractivity contribution in [2.24, 2.45) is 0 Å². The molecule has 1 aromatic rings. The van der Waals surface area contributed by atoms with Crippen molar-refractivity contribution < 1.29 is 8.42 Å². The molecule has 7 heteroatoms. The fourth-order valence-corrected chi connectivity index (χ4v) is 3.14. The number of anilines is 1. The number of hydrogen-bond acceptors (Lipinski definition) is 5. The second-order valence-electron chi connectivity index (χ2n) is 4.89. The molecule has 1 heterocycles. The predicted octanol–water partition coefficient (Wildman–Crippen LogP) is 1.09. The predicted molar refractivity (Wildman–Crippen MR) is 81.4 cm³/mol. The number of sulfonamides is 1. The molecule has 0 spiro atoms. The molecule has 0 aliphatic heterocycles. The molecule has 20 heavy (non-hydrogen) atoms. The van der Waals surface area contributed by atoms with Crippen molar-refractivity contribution in [2.75, 3.05) is 46.1 Å². The van der Waals surface area contributed by atoms with Gasteiger partial charge in [-0.25, -0.2) is 12.7 Å². The Bertz CT molecular complexity index is 517. The second kappa shape index (κ2) is 7.56. The van der Waals surface area contributed by atoms with Crippen molar-refractivity contribution in [1.82, 2.24) is 14.2 Å². The van der Waals surface area contributed by atoms with Gasteiger partial charge in [0.15, 0.2) is 0 Å². The van der Waals surface area contributed by atoms with Crippen LogP contribution in [0.25, 0.3) is 0 Å². The molecule has 0 aliphatic rings. The first kappa shape index (κ1) is 16.9. The van der Waals surface area contributed by atoms with E-state index in [4.69, 9.17) is 0 Å². The zero-order chi connectivity index (χ0) is 15.2. The molecule has 0 atom stereocenters. The van der Waals surface area contributed by atoms with E-state index in [2.05, 4.69) is 10.3 Å². The van der Waals surface area contributed by atoms with Crippen LogP contribution in [0.1, 0.15) is 13.3 Å². The summed E-state index contributed by atoms with van der Waals surface area (Å²) in [5.74, 6) is 0. The van der Waals surface area contributed by atoms with Crippen LogP contribution in [0.2, 0.25) is 0 Å². The van der Waals surface area contributed by atoms with Crippen molar-refractivity contribution in [3.8, 4) is 0 Å². The molecule has 0 bridgehead atoms. The van der Waals surface area contributed by atoms with Crippen LogP contribution in [0, 0.1) is 0 Å². The Morgan fingerprint density at radius 2 is 1.95 bits per heavy atom. The van der Waals surface area contributed by atoms with Gasteiger partial charge in [0.05, 0.1) is 5.69 Å². The highest BCUT2D eigenvalue weighted by atomic mass is 32.2. The zero-order valence-electron chi connectivity index (χ0n) is 12.6. The van der Waals surface area contributed by atoms with Gasteiger partial charge >= 0.3 is 0 Å². The van der Waals surface area contributed by atoms with E-state index < -0.39 is 10.0 Å². The minimum Gasteiger partial charge on any atom is -0.384 e.